The Kier molecular flexibility index (Phi) is 9.14. The molecule has 0 spiro atoms. The third-order valence-corrected chi connectivity index (χ3v) is 8.01. The fourth-order valence-electron chi connectivity index (χ4n) is 4.36. The van der Waals surface area contributed by atoms with Crippen LogP contribution in [0.2, 0.25) is 5.02 Å². The van der Waals surface area contributed by atoms with Crippen LogP contribution in [0.4, 0.5) is 11.4 Å². The minimum Gasteiger partial charge on any atom is -0.352 e. The number of rotatable bonds is 10. The van der Waals surface area contributed by atoms with Crippen LogP contribution in [0.5, 0.6) is 0 Å². The Balaban J connectivity index is 1.95. The Labute approximate surface area is 221 Å². The molecule has 200 valence electrons. The maximum atomic E-state index is 13.7. The molecule has 10 nitrogen and oxygen atoms in total. The van der Waals surface area contributed by atoms with E-state index < -0.39 is 33.4 Å². The van der Waals surface area contributed by atoms with Crippen LogP contribution in [-0.4, -0.2) is 54.9 Å². The maximum absolute atomic E-state index is 13.7. The van der Waals surface area contributed by atoms with Crippen molar-refractivity contribution in [3.05, 3.63) is 68.7 Å². The second kappa shape index (κ2) is 11.9. The first-order valence-electron chi connectivity index (χ1n) is 11.9. The standard InChI is InChI=1S/C25H31ClN4O6S/c1-17-12-13-21(30(33)34)14-23(17)29(37(3,35)36)16-24(31)28(15-19-8-4-7-11-22(19)26)18(2)25(32)27-20-9-5-6-10-20/h4,7-8,11-14,18,20H,5-6,9-10,15-16H2,1-3H3,(H,27,32)/t18-/m0/s1. The van der Waals surface area contributed by atoms with E-state index in [4.69, 9.17) is 11.6 Å². The molecular formula is C25H31ClN4O6S. The first-order chi connectivity index (χ1) is 17.4. The van der Waals surface area contributed by atoms with Crippen LogP contribution < -0.4 is 9.62 Å². The van der Waals surface area contributed by atoms with Gasteiger partial charge in [-0.2, -0.15) is 0 Å². The Morgan fingerprint density at radius 2 is 1.84 bits per heavy atom. The average Bonchev–Trinajstić information content (AvgIpc) is 3.34. The molecule has 37 heavy (non-hydrogen) atoms. The Morgan fingerprint density at radius 1 is 1.19 bits per heavy atom. The molecule has 1 saturated carbocycles. The molecule has 1 aliphatic carbocycles. The molecule has 0 bridgehead atoms. The largest absolute Gasteiger partial charge is 0.352 e. The fraction of sp³-hybridized carbons (Fsp3) is 0.440. The van der Waals surface area contributed by atoms with Crippen LogP contribution in [-0.2, 0) is 26.2 Å². The highest BCUT2D eigenvalue weighted by molar-refractivity contribution is 7.92. The number of hydrogen-bond donors (Lipinski definition) is 1. The van der Waals surface area contributed by atoms with Gasteiger partial charge in [-0.25, -0.2) is 8.42 Å². The van der Waals surface area contributed by atoms with Crippen LogP contribution >= 0.6 is 11.6 Å². The van der Waals surface area contributed by atoms with Gasteiger partial charge in [0.1, 0.15) is 12.6 Å². The molecule has 0 aliphatic heterocycles. The molecule has 2 aromatic rings. The molecule has 1 N–H and O–H groups in total. The first-order valence-corrected chi connectivity index (χ1v) is 14.2. The van der Waals surface area contributed by atoms with Crippen LogP contribution in [0.25, 0.3) is 0 Å². The van der Waals surface area contributed by atoms with E-state index in [1.807, 2.05) is 0 Å². The number of carbonyl (C=O) groups is 2. The summed E-state index contributed by atoms with van der Waals surface area (Å²) in [6.07, 6.45) is 4.70. The summed E-state index contributed by atoms with van der Waals surface area (Å²) in [5.74, 6) is -0.991. The molecule has 1 fully saturated rings. The summed E-state index contributed by atoms with van der Waals surface area (Å²) in [5.41, 5.74) is 0.744. The topological polar surface area (TPSA) is 130 Å². The van der Waals surface area contributed by atoms with Gasteiger partial charge >= 0.3 is 0 Å². The van der Waals surface area contributed by atoms with Crippen molar-refractivity contribution in [1.82, 2.24) is 10.2 Å². The van der Waals surface area contributed by atoms with Gasteiger partial charge in [0.25, 0.3) is 5.69 Å². The number of nitrogens with zero attached hydrogens (tertiary/aromatic N) is 3. The highest BCUT2D eigenvalue weighted by atomic mass is 35.5. The van der Waals surface area contributed by atoms with Gasteiger partial charge < -0.3 is 10.2 Å². The Bertz CT molecular complexity index is 1280. The number of anilines is 1. The summed E-state index contributed by atoms with van der Waals surface area (Å²) in [5, 5.41) is 14.7. The van der Waals surface area contributed by atoms with E-state index in [0.717, 1.165) is 42.3 Å². The van der Waals surface area contributed by atoms with Crippen molar-refractivity contribution in [2.45, 2.75) is 58.2 Å². The van der Waals surface area contributed by atoms with E-state index in [9.17, 15) is 28.1 Å². The molecule has 1 aliphatic rings. The summed E-state index contributed by atoms with van der Waals surface area (Å²) in [6, 6.07) is 9.81. The van der Waals surface area contributed by atoms with Crippen molar-refractivity contribution < 1.29 is 22.9 Å². The van der Waals surface area contributed by atoms with Gasteiger partial charge in [-0.15, -0.1) is 0 Å². The highest BCUT2D eigenvalue weighted by Gasteiger charge is 2.32. The lowest BCUT2D eigenvalue weighted by Crippen LogP contribution is -2.52. The van der Waals surface area contributed by atoms with Gasteiger partial charge in [0.05, 0.1) is 16.9 Å². The van der Waals surface area contributed by atoms with Crippen molar-refractivity contribution in [2.24, 2.45) is 0 Å². The molecular weight excluding hydrogens is 520 g/mol. The molecule has 0 heterocycles. The third kappa shape index (κ3) is 7.20. The SMILES string of the molecule is Cc1ccc([N+](=O)[O-])cc1N(CC(=O)N(Cc1ccccc1Cl)[C@@H](C)C(=O)NC1CCCC1)S(C)(=O)=O. The molecule has 0 saturated heterocycles. The summed E-state index contributed by atoms with van der Waals surface area (Å²) in [4.78, 5) is 38.7. The molecule has 0 radical (unpaired) electrons. The van der Waals surface area contributed by atoms with E-state index in [2.05, 4.69) is 5.32 Å². The number of aryl methyl sites for hydroxylation is 1. The van der Waals surface area contributed by atoms with Crippen LogP contribution in [0.3, 0.4) is 0 Å². The monoisotopic (exact) mass is 550 g/mol. The Morgan fingerprint density at radius 3 is 2.43 bits per heavy atom. The van der Waals surface area contributed by atoms with Crippen molar-refractivity contribution >= 4 is 44.8 Å². The average molecular weight is 551 g/mol. The van der Waals surface area contributed by atoms with Crippen molar-refractivity contribution in [1.29, 1.82) is 0 Å². The van der Waals surface area contributed by atoms with Crippen molar-refractivity contribution in [3.8, 4) is 0 Å². The van der Waals surface area contributed by atoms with E-state index >= 15 is 0 Å². The van der Waals surface area contributed by atoms with Crippen LogP contribution in [0.1, 0.15) is 43.7 Å². The lowest BCUT2D eigenvalue weighted by molar-refractivity contribution is -0.384. The summed E-state index contributed by atoms with van der Waals surface area (Å²) >= 11 is 6.33. The number of non-ortho nitro benzene ring substituents is 1. The number of amides is 2. The molecule has 0 unspecified atom stereocenters. The van der Waals surface area contributed by atoms with E-state index in [1.54, 1.807) is 38.1 Å². The van der Waals surface area contributed by atoms with Gasteiger partial charge in [0.15, 0.2) is 0 Å². The second-order valence-corrected chi connectivity index (χ2v) is 11.6. The van der Waals surface area contributed by atoms with Gasteiger partial charge in [0.2, 0.25) is 21.8 Å². The van der Waals surface area contributed by atoms with Gasteiger partial charge in [-0.3, -0.25) is 24.0 Å². The van der Waals surface area contributed by atoms with E-state index in [0.29, 0.717) is 16.1 Å². The predicted molar refractivity (Wildman–Crippen MR) is 142 cm³/mol. The lowest BCUT2D eigenvalue weighted by Gasteiger charge is -2.32. The summed E-state index contributed by atoms with van der Waals surface area (Å²) < 4.78 is 26.3. The number of halogens is 1. The zero-order valence-corrected chi connectivity index (χ0v) is 22.6. The smallest absolute Gasteiger partial charge is 0.271 e. The number of benzene rings is 2. The fourth-order valence-corrected chi connectivity index (χ4v) is 5.45. The maximum Gasteiger partial charge on any atom is 0.271 e. The number of hydrogen-bond acceptors (Lipinski definition) is 6. The van der Waals surface area contributed by atoms with Crippen LogP contribution in [0.15, 0.2) is 42.5 Å². The molecule has 2 amide bonds. The van der Waals surface area contributed by atoms with Crippen molar-refractivity contribution in [2.75, 3.05) is 17.1 Å². The zero-order chi connectivity index (χ0) is 27.3. The minimum absolute atomic E-state index is 0.0193. The van der Waals surface area contributed by atoms with Gasteiger partial charge in [-0.1, -0.05) is 48.7 Å². The van der Waals surface area contributed by atoms with Gasteiger partial charge in [-0.05, 0) is 43.9 Å². The van der Waals surface area contributed by atoms with Crippen molar-refractivity contribution in [3.63, 3.8) is 0 Å². The normalized spacial score (nSPS) is 14.7. The summed E-state index contributed by atoms with van der Waals surface area (Å²) in [6.45, 7) is 2.51. The highest BCUT2D eigenvalue weighted by Crippen LogP contribution is 2.28. The predicted octanol–water partition coefficient (Wildman–Crippen LogP) is 3.80. The molecule has 2 aromatic carbocycles. The molecule has 12 heteroatoms. The molecule has 0 aromatic heterocycles. The first kappa shape index (κ1) is 28.4. The van der Waals surface area contributed by atoms with Gasteiger partial charge in [0, 0.05) is 29.7 Å². The summed E-state index contributed by atoms with van der Waals surface area (Å²) in [7, 11) is -4.02. The van der Waals surface area contributed by atoms with Crippen LogP contribution in [0, 0.1) is 17.0 Å². The zero-order valence-electron chi connectivity index (χ0n) is 21.0. The number of sulfonamides is 1. The third-order valence-electron chi connectivity index (χ3n) is 6.52. The van der Waals surface area contributed by atoms with E-state index in [-0.39, 0.29) is 29.9 Å². The number of nitro benzene ring substituents is 1. The second-order valence-electron chi connectivity index (χ2n) is 9.28. The number of nitro groups is 1. The number of nitrogens with one attached hydrogen (secondary N) is 1. The Hall–Kier alpha value is -3.18. The quantitative estimate of drug-likeness (QED) is 0.354. The molecule has 3 rings (SSSR count). The number of carbonyl (C=O) groups excluding carboxylic acids is 2. The lowest BCUT2D eigenvalue weighted by atomic mass is 10.1. The minimum atomic E-state index is -4.02. The van der Waals surface area contributed by atoms with E-state index in [1.165, 1.54) is 17.0 Å². The molecule has 1 atom stereocenters.